The first kappa shape index (κ1) is 18.5. The lowest BCUT2D eigenvalue weighted by atomic mass is 9.92. The van der Waals surface area contributed by atoms with Gasteiger partial charge in [0.15, 0.2) is 5.92 Å². The zero-order valence-corrected chi connectivity index (χ0v) is 14.1. The molecular weight excluding hydrogens is 306 g/mol. The summed E-state index contributed by atoms with van der Waals surface area (Å²) in [5, 5.41) is 0.538. The van der Waals surface area contributed by atoms with Gasteiger partial charge in [0.05, 0.1) is 19.3 Å². The number of ether oxygens (including phenoxy) is 2. The van der Waals surface area contributed by atoms with E-state index in [2.05, 4.69) is 0 Å². The normalized spacial score (nSPS) is 12.3. The van der Waals surface area contributed by atoms with Gasteiger partial charge in [0.1, 0.15) is 0 Å². The van der Waals surface area contributed by atoms with Gasteiger partial charge in [-0.2, -0.15) is 0 Å². The SMILES string of the molecule is CCOC(=O)C(C(=O)OCC)[C@H](c1cccc(Cl)c1)N(C)C. The smallest absolute Gasteiger partial charge is 0.322 e. The van der Waals surface area contributed by atoms with Gasteiger partial charge in [0, 0.05) is 5.02 Å². The van der Waals surface area contributed by atoms with E-state index in [0.29, 0.717) is 5.02 Å². The monoisotopic (exact) mass is 327 g/mol. The van der Waals surface area contributed by atoms with Gasteiger partial charge in [-0.3, -0.25) is 9.59 Å². The Kier molecular flexibility index (Phi) is 7.35. The summed E-state index contributed by atoms with van der Waals surface area (Å²) in [7, 11) is 3.58. The Morgan fingerprint density at radius 2 is 1.68 bits per heavy atom. The summed E-state index contributed by atoms with van der Waals surface area (Å²) in [4.78, 5) is 26.3. The molecule has 0 aromatic heterocycles. The molecule has 0 radical (unpaired) electrons. The highest BCUT2D eigenvalue weighted by molar-refractivity contribution is 6.30. The summed E-state index contributed by atoms with van der Waals surface area (Å²) in [6.45, 7) is 3.79. The fourth-order valence-electron chi connectivity index (χ4n) is 2.30. The van der Waals surface area contributed by atoms with Gasteiger partial charge in [-0.25, -0.2) is 0 Å². The Morgan fingerprint density at radius 1 is 1.14 bits per heavy atom. The minimum absolute atomic E-state index is 0.199. The van der Waals surface area contributed by atoms with Gasteiger partial charge in [-0.05, 0) is 45.6 Å². The highest BCUT2D eigenvalue weighted by Gasteiger charge is 2.39. The molecule has 0 aliphatic heterocycles. The van der Waals surface area contributed by atoms with Crippen LogP contribution in [0, 0.1) is 5.92 Å². The molecule has 0 bridgehead atoms. The Labute approximate surface area is 136 Å². The van der Waals surface area contributed by atoms with Crippen molar-refractivity contribution >= 4 is 23.5 Å². The van der Waals surface area contributed by atoms with Crippen molar-refractivity contribution in [2.75, 3.05) is 27.3 Å². The van der Waals surface area contributed by atoms with Crippen LogP contribution in [0.4, 0.5) is 0 Å². The molecule has 0 N–H and O–H groups in total. The predicted octanol–water partition coefficient (Wildman–Crippen LogP) is 2.69. The van der Waals surface area contributed by atoms with Crippen LogP contribution in [0.5, 0.6) is 0 Å². The molecule has 0 fully saturated rings. The summed E-state index contributed by atoms with van der Waals surface area (Å²) >= 11 is 6.03. The van der Waals surface area contributed by atoms with Crippen LogP contribution < -0.4 is 0 Å². The Bertz CT molecular complexity index is 501. The van der Waals surface area contributed by atoms with E-state index in [1.165, 1.54) is 0 Å². The van der Waals surface area contributed by atoms with Crippen molar-refractivity contribution in [2.45, 2.75) is 19.9 Å². The number of nitrogens with zero attached hydrogens (tertiary/aromatic N) is 1. The molecule has 0 unspecified atom stereocenters. The maximum absolute atomic E-state index is 12.3. The number of rotatable bonds is 7. The second-order valence-electron chi connectivity index (χ2n) is 4.95. The van der Waals surface area contributed by atoms with Crippen molar-refractivity contribution in [2.24, 2.45) is 5.92 Å². The van der Waals surface area contributed by atoms with Crippen LogP contribution in [0.2, 0.25) is 5.02 Å². The number of hydrogen-bond acceptors (Lipinski definition) is 5. The molecule has 0 spiro atoms. The third kappa shape index (κ3) is 4.71. The number of halogens is 1. The molecule has 1 aromatic carbocycles. The molecular formula is C16H22ClNO4. The van der Waals surface area contributed by atoms with Crippen molar-refractivity contribution in [1.29, 1.82) is 0 Å². The Morgan fingerprint density at radius 3 is 2.09 bits per heavy atom. The second kappa shape index (κ2) is 8.76. The quantitative estimate of drug-likeness (QED) is 0.569. The molecule has 22 heavy (non-hydrogen) atoms. The highest BCUT2D eigenvalue weighted by Crippen LogP contribution is 2.30. The molecule has 0 aliphatic carbocycles. The van der Waals surface area contributed by atoms with E-state index in [0.717, 1.165) is 5.56 Å². The summed E-state index contributed by atoms with van der Waals surface area (Å²) in [6.07, 6.45) is 0. The largest absolute Gasteiger partial charge is 0.465 e. The average Bonchev–Trinajstić information content (AvgIpc) is 2.44. The number of esters is 2. The van der Waals surface area contributed by atoms with E-state index in [4.69, 9.17) is 21.1 Å². The molecule has 0 heterocycles. The third-order valence-electron chi connectivity index (χ3n) is 3.14. The molecule has 6 heteroatoms. The second-order valence-corrected chi connectivity index (χ2v) is 5.38. The van der Waals surface area contributed by atoms with Crippen molar-refractivity contribution in [3.8, 4) is 0 Å². The minimum atomic E-state index is -1.06. The van der Waals surface area contributed by atoms with Gasteiger partial charge in [-0.15, -0.1) is 0 Å². The van der Waals surface area contributed by atoms with Gasteiger partial charge >= 0.3 is 11.9 Å². The molecule has 5 nitrogen and oxygen atoms in total. The van der Waals surface area contributed by atoms with Crippen LogP contribution in [0.1, 0.15) is 25.5 Å². The zero-order chi connectivity index (χ0) is 16.7. The Balaban J connectivity index is 3.25. The summed E-state index contributed by atoms with van der Waals surface area (Å²) in [5.74, 6) is -2.26. The fourth-order valence-corrected chi connectivity index (χ4v) is 2.50. The van der Waals surface area contributed by atoms with Crippen LogP contribution in [0.3, 0.4) is 0 Å². The number of carbonyl (C=O) groups excluding carboxylic acids is 2. The molecule has 0 saturated heterocycles. The molecule has 1 aromatic rings. The average molecular weight is 328 g/mol. The Hall–Kier alpha value is -1.59. The third-order valence-corrected chi connectivity index (χ3v) is 3.38. The van der Waals surface area contributed by atoms with Gasteiger partial charge in [0.25, 0.3) is 0 Å². The van der Waals surface area contributed by atoms with Gasteiger partial charge in [-0.1, -0.05) is 23.7 Å². The van der Waals surface area contributed by atoms with Crippen molar-refractivity contribution in [3.63, 3.8) is 0 Å². The van der Waals surface area contributed by atoms with E-state index in [-0.39, 0.29) is 13.2 Å². The summed E-state index contributed by atoms with van der Waals surface area (Å²) in [6, 6.07) is 6.56. The van der Waals surface area contributed by atoms with Crippen LogP contribution in [0.25, 0.3) is 0 Å². The minimum Gasteiger partial charge on any atom is -0.465 e. The standard InChI is InChI=1S/C16H22ClNO4/c1-5-21-15(19)13(16(20)22-6-2)14(18(3)4)11-8-7-9-12(17)10-11/h7-10,13-14H,5-6H2,1-4H3/t14-/m0/s1. The zero-order valence-electron chi connectivity index (χ0n) is 13.3. The van der Waals surface area contributed by atoms with Gasteiger partial charge < -0.3 is 14.4 Å². The van der Waals surface area contributed by atoms with Crippen LogP contribution in [-0.4, -0.2) is 44.1 Å². The molecule has 1 rings (SSSR count). The van der Waals surface area contributed by atoms with E-state index >= 15 is 0 Å². The van der Waals surface area contributed by atoms with E-state index < -0.39 is 23.9 Å². The molecule has 0 amide bonds. The number of hydrogen-bond donors (Lipinski definition) is 0. The summed E-state index contributed by atoms with van der Waals surface area (Å²) in [5.41, 5.74) is 0.753. The van der Waals surface area contributed by atoms with Crippen LogP contribution in [-0.2, 0) is 19.1 Å². The van der Waals surface area contributed by atoms with Crippen LogP contribution >= 0.6 is 11.6 Å². The van der Waals surface area contributed by atoms with Crippen LogP contribution in [0.15, 0.2) is 24.3 Å². The van der Waals surface area contributed by atoms with Crippen molar-refractivity contribution < 1.29 is 19.1 Å². The highest BCUT2D eigenvalue weighted by atomic mass is 35.5. The van der Waals surface area contributed by atoms with E-state index in [1.807, 2.05) is 6.07 Å². The fraction of sp³-hybridized carbons (Fsp3) is 0.500. The molecule has 0 aliphatic rings. The lowest BCUT2D eigenvalue weighted by Crippen LogP contribution is -2.39. The summed E-state index contributed by atoms with van der Waals surface area (Å²) < 4.78 is 10.1. The molecule has 1 atom stereocenters. The van der Waals surface area contributed by atoms with E-state index in [9.17, 15) is 9.59 Å². The van der Waals surface area contributed by atoms with Gasteiger partial charge in [0.2, 0.25) is 0 Å². The maximum Gasteiger partial charge on any atom is 0.322 e. The molecule has 122 valence electrons. The predicted molar refractivity (Wildman–Crippen MR) is 84.6 cm³/mol. The number of carbonyl (C=O) groups is 2. The van der Waals surface area contributed by atoms with Crippen molar-refractivity contribution in [1.82, 2.24) is 4.90 Å². The van der Waals surface area contributed by atoms with Crippen molar-refractivity contribution in [3.05, 3.63) is 34.9 Å². The first-order chi connectivity index (χ1) is 10.4. The lowest BCUT2D eigenvalue weighted by Gasteiger charge is -2.30. The maximum atomic E-state index is 12.3. The van der Waals surface area contributed by atoms with E-state index in [1.54, 1.807) is 51.0 Å². The molecule has 0 saturated carbocycles. The lowest BCUT2D eigenvalue weighted by molar-refractivity contribution is -0.165. The number of benzene rings is 1. The topological polar surface area (TPSA) is 55.8 Å². The first-order valence-corrected chi connectivity index (χ1v) is 7.55. The first-order valence-electron chi connectivity index (χ1n) is 7.17.